The standard InChI is InChI=1S/C16H14O3/c1-12-5-7-14(8-6-12)19-15-4-2-3-13(11-15)16-17-9-10-18-16/h2-11,16H,1H3. The highest BCUT2D eigenvalue weighted by atomic mass is 16.7. The Morgan fingerprint density at radius 1 is 0.895 bits per heavy atom. The van der Waals surface area contributed by atoms with E-state index in [1.165, 1.54) is 18.1 Å². The summed E-state index contributed by atoms with van der Waals surface area (Å²) < 4.78 is 16.4. The summed E-state index contributed by atoms with van der Waals surface area (Å²) in [6, 6.07) is 15.6. The highest BCUT2D eigenvalue weighted by Gasteiger charge is 2.15. The van der Waals surface area contributed by atoms with Crippen LogP contribution in [0.1, 0.15) is 17.4 Å². The van der Waals surface area contributed by atoms with Gasteiger partial charge in [0.15, 0.2) is 0 Å². The lowest BCUT2D eigenvalue weighted by Crippen LogP contribution is -1.97. The maximum atomic E-state index is 5.80. The Morgan fingerprint density at radius 3 is 2.37 bits per heavy atom. The van der Waals surface area contributed by atoms with E-state index in [9.17, 15) is 0 Å². The normalized spacial score (nSPS) is 13.9. The molecule has 0 radical (unpaired) electrons. The minimum absolute atomic E-state index is 0.374. The summed E-state index contributed by atoms with van der Waals surface area (Å²) in [5.74, 6) is 1.58. The van der Waals surface area contributed by atoms with Gasteiger partial charge in [0.25, 0.3) is 6.29 Å². The van der Waals surface area contributed by atoms with Crippen molar-refractivity contribution in [3.8, 4) is 11.5 Å². The monoisotopic (exact) mass is 254 g/mol. The molecule has 2 aromatic rings. The fourth-order valence-corrected chi connectivity index (χ4v) is 1.86. The number of hydrogen-bond donors (Lipinski definition) is 0. The van der Waals surface area contributed by atoms with Crippen LogP contribution in [-0.4, -0.2) is 0 Å². The fourth-order valence-electron chi connectivity index (χ4n) is 1.86. The molecule has 0 aromatic heterocycles. The van der Waals surface area contributed by atoms with Crippen LogP contribution in [0.15, 0.2) is 61.1 Å². The van der Waals surface area contributed by atoms with Crippen molar-refractivity contribution in [1.82, 2.24) is 0 Å². The smallest absolute Gasteiger partial charge is 0.266 e. The predicted octanol–water partition coefficient (Wildman–Crippen LogP) is 4.30. The van der Waals surface area contributed by atoms with Crippen LogP contribution < -0.4 is 4.74 Å². The lowest BCUT2D eigenvalue weighted by molar-refractivity contribution is -0.0247. The summed E-state index contributed by atoms with van der Waals surface area (Å²) in [5, 5.41) is 0. The third-order valence-corrected chi connectivity index (χ3v) is 2.85. The first-order valence-electron chi connectivity index (χ1n) is 6.12. The Morgan fingerprint density at radius 2 is 1.63 bits per heavy atom. The van der Waals surface area contributed by atoms with Crippen LogP contribution in [-0.2, 0) is 9.47 Å². The third-order valence-electron chi connectivity index (χ3n) is 2.85. The van der Waals surface area contributed by atoms with Gasteiger partial charge in [-0.05, 0) is 31.2 Å². The van der Waals surface area contributed by atoms with E-state index >= 15 is 0 Å². The molecule has 1 heterocycles. The van der Waals surface area contributed by atoms with Gasteiger partial charge in [-0.1, -0.05) is 29.8 Å². The molecule has 0 saturated carbocycles. The van der Waals surface area contributed by atoms with Crippen molar-refractivity contribution in [2.75, 3.05) is 0 Å². The fraction of sp³-hybridized carbons (Fsp3) is 0.125. The highest BCUT2D eigenvalue weighted by Crippen LogP contribution is 2.29. The van der Waals surface area contributed by atoms with Gasteiger partial charge in [-0.2, -0.15) is 0 Å². The topological polar surface area (TPSA) is 27.7 Å². The van der Waals surface area contributed by atoms with E-state index in [0.29, 0.717) is 0 Å². The summed E-state index contributed by atoms with van der Waals surface area (Å²) in [5.41, 5.74) is 2.13. The molecule has 1 aliphatic heterocycles. The average molecular weight is 254 g/mol. The molecule has 0 saturated heterocycles. The summed E-state index contributed by atoms with van der Waals surface area (Å²) in [6.45, 7) is 2.05. The molecule has 1 aliphatic rings. The SMILES string of the molecule is Cc1ccc(Oc2cccc(C3OC=CO3)c2)cc1. The van der Waals surface area contributed by atoms with Crippen molar-refractivity contribution >= 4 is 0 Å². The van der Waals surface area contributed by atoms with Crippen LogP contribution in [0, 0.1) is 6.92 Å². The summed E-state index contributed by atoms with van der Waals surface area (Å²) in [7, 11) is 0. The van der Waals surface area contributed by atoms with E-state index < -0.39 is 0 Å². The van der Waals surface area contributed by atoms with Crippen LogP contribution in [0.5, 0.6) is 11.5 Å². The van der Waals surface area contributed by atoms with Crippen LogP contribution in [0.4, 0.5) is 0 Å². The average Bonchev–Trinajstić information content (AvgIpc) is 2.96. The Balaban J connectivity index is 1.77. The lowest BCUT2D eigenvalue weighted by Gasteiger charge is -2.12. The minimum atomic E-state index is -0.374. The number of ether oxygens (including phenoxy) is 3. The predicted molar refractivity (Wildman–Crippen MR) is 71.7 cm³/mol. The first-order valence-corrected chi connectivity index (χ1v) is 6.12. The van der Waals surface area contributed by atoms with Crippen molar-refractivity contribution < 1.29 is 14.2 Å². The van der Waals surface area contributed by atoms with Gasteiger partial charge < -0.3 is 14.2 Å². The van der Waals surface area contributed by atoms with E-state index in [4.69, 9.17) is 14.2 Å². The zero-order valence-corrected chi connectivity index (χ0v) is 10.6. The molecule has 0 N–H and O–H groups in total. The quantitative estimate of drug-likeness (QED) is 0.817. The second-order valence-electron chi connectivity index (χ2n) is 4.36. The Bertz CT molecular complexity index is 579. The van der Waals surface area contributed by atoms with Gasteiger partial charge in [0.1, 0.15) is 24.0 Å². The minimum Gasteiger partial charge on any atom is -0.457 e. The first kappa shape index (κ1) is 11.7. The molecule has 0 fully saturated rings. The molecule has 0 unspecified atom stereocenters. The summed E-state index contributed by atoms with van der Waals surface area (Å²) >= 11 is 0. The summed E-state index contributed by atoms with van der Waals surface area (Å²) in [4.78, 5) is 0. The van der Waals surface area contributed by atoms with Crippen LogP contribution in [0.25, 0.3) is 0 Å². The van der Waals surface area contributed by atoms with Crippen molar-refractivity contribution in [2.45, 2.75) is 13.2 Å². The van der Waals surface area contributed by atoms with Gasteiger partial charge in [-0.25, -0.2) is 0 Å². The molecule has 3 rings (SSSR count). The Labute approximate surface area is 112 Å². The van der Waals surface area contributed by atoms with Gasteiger partial charge in [-0.15, -0.1) is 0 Å². The van der Waals surface area contributed by atoms with Gasteiger partial charge >= 0.3 is 0 Å². The van der Waals surface area contributed by atoms with Crippen LogP contribution >= 0.6 is 0 Å². The lowest BCUT2D eigenvalue weighted by atomic mass is 10.2. The molecule has 0 spiro atoms. The molecule has 96 valence electrons. The van der Waals surface area contributed by atoms with E-state index in [0.717, 1.165) is 17.1 Å². The molecule has 0 bridgehead atoms. The number of aryl methyl sites for hydroxylation is 1. The Hall–Kier alpha value is -2.42. The molecular weight excluding hydrogens is 240 g/mol. The molecule has 19 heavy (non-hydrogen) atoms. The summed E-state index contributed by atoms with van der Waals surface area (Å²) in [6.07, 6.45) is 2.71. The van der Waals surface area contributed by atoms with E-state index in [1.54, 1.807) is 0 Å². The van der Waals surface area contributed by atoms with Crippen molar-refractivity contribution in [1.29, 1.82) is 0 Å². The van der Waals surface area contributed by atoms with Gasteiger partial charge in [0, 0.05) is 5.56 Å². The van der Waals surface area contributed by atoms with Gasteiger partial charge in [-0.3, -0.25) is 0 Å². The van der Waals surface area contributed by atoms with Crippen molar-refractivity contribution in [3.05, 3.63) is 72.2 Å². The van der Waals surface area contributed by atoms with Crippen molar-refractivity contribution in [2.24, 2.45) is 0 Å². The second kappa shape index (κ2) is 5.06. The zero-order chi connectivity index (χ0) is 13.1. The largest absolute Gasteiger partial charge is 0.457 e. The molecule has 0 aliphatic carbocycles. The van der Waals surface area contributed by atoms with Gasteiger partial charge in [0.05, 0.1) is 0 Å². The Kier molecular flexibility index (Phi) is 3.11. The van der Waals surface area contributed by atoms with E-state index in [2.05, 4.69) is 0 Å². The maximum Gasteiger partial charge on any atom is 0.266 e. The van der Waals surface area contributed by atoms with E-state index in [-0.39, 0.29) is 6.29 Å². The highest BCUT2D eigenvalue weighted by molar-refractivity contribution is 5.35. The van der Waals surface area contributed by atoms with Crippen LogP contribution in [0.3, 0.4) is 0 Å². The van der Waals surface area contributed by atoms with Crippen molar-refractivity contribution in [3.63, 3.8) is 0 Å². The molecule has 0 atom stereocenters. The molecule has 3 nitrogen and oxygen atoms in total. The molecular formula is C16H14O3. The zero-order valence-electron chi connectivity index (χ0n) is 10.6. The van der Waals surface area contributed by atoms with E-state index in [1.807, 2.05) is 55.5 Å². The number of benzene rings is 2. The molecule has 0 amide bonds. The number of hydrogen-bond acceptors (Lipinski definition) is 3. The number of rotatable bonds is 3. The second-order valence-corrected chi connectivity index (χ2v) is 4.36. The maximum absolute atomic E-state index is 5.80. The molecule has 3 heteroatoms. The first-order chi connectivity index (χ1) is 9.31. The molecule has 2 aromatic carbocycles. The van der Waals surface area contributed by atoms with Gasteiger partial charge in [0.2, 0.25) is 0 Å². The third kappa shape index (κ3) is 2.71. The van der Waals surface area contributed by atoms with Crippen LogP contribution in [0.2, 0.25) is 0 Å².